The third-order valence-electron chi connectivity index (χ3n) is 1.09. The molecule has 0 fully saturated rings. The van der Waals surface area contributed by atoms with Gasteiger partial charge in [0.2, 0.25) is 0 Å². The fourth-order valence-electron chi connectivity index (χ4n) is 0.478. The van der Waals surface area contributed by atoms with E-state index in [4.69, 9.17) is 0 Å². The molecule has 0 aromatic heterocycles. The summed E-state index contributed by atoms with van der Waals surface area (Å²) in [4.78, 5) is 10.6. The Morgan fingerprint density at radius 1 is 1.45 bits per heavy atom. The van der Waals surface area contributed by atoms with Crippen molar-refractivity contribution in [1.29, 1.82) is 0 Å². The number of rotatable bonds is 4. The molecule has 0 unspecified atom stereocenters. The first-order chi connectivity index (χ1) is 5.31. The first-order valence-corrected chi connectivity index (χ1v) is 3.77. The molecular formula is C9H14O2. The maximum absolute atomic E-state index is 10.6. The van der Waals surface area contributed by atoms with E-state index in [2.05, 4.69) is 4.74 Å². The largest absolute Gasteiger partial charge is 0.435 e. The molecule has 2 nitrogen and oxygen atoms in total. The van der Waals surface area contributed by atoms with Crippen molar-refractivity contribution in [1.82, 2.24) is 0 Å². The summed E-state index contributed by atoms with van der Waals surface area (Å²) in [5.41, 5.74) is 0. The molecule has 0 aliphatic carbocycles. The number of hydrogen-bond donors (Lipinski definition) is 0. The summed E-state index contributed by atoms with van der Waals surface area (Å²) in [6.07, 6.45) is 8.41. The van der Waals surface area contributed by atoms with E-state index in [1.807, 2.05) is 19.1 Å². The van der Waals surface area contributed by atoms with Crippen LogP contribution in [0.2, 0.25) is 0 Å². The molecule has 0 bridgehead atoms. The Bertz CT molecular complexity index is 157. The highest BCUT2D eigenvalue weighted by atomic mass is 16.5. The fourth-order valence-corrected chi connectivity index (χ4v) is 0.478. The lowest BCUT2D eigenvalue weighted by molar-refractivity contribution is -0.137. The van der Waals surface area contributed by atoms with Crippen molar-refractivity contribution < 1.29 is 9.53 Å². The maximum atomic E-state index is 10.6. The molecule has 0 spiro atoms. The van der Waals surface area contributed by atoms with E-state index in [0.717, 1.165) is 6.42 Å². The van der Waals surface area contributed by atoms with Crippen LogP contribution in [0.15, 0.2) is 24.5 Å². The van der Waals surface area contributed by atoms with Crippen LogP contribution in [0.5, 0.6) is 0 Å². The van der Waals surface area contributed by atoms with Crippen LogP contribution >= 0.6 is 0 Å². The van der Waals surface area contributed by atoms with Crippen molar-refractivity contribution in [3.8, 4) is 0 Å². The SMILES string of the molecule is CC=CCC=COC(=O)CC. The highest BCUT2D eigenvalue weighted by Crippen LogP contribution is 1.89. The predicted octanol–water partition coefficient (Wildman–Crippen LogP) is 2.42. The van der Waals surface area contributed by atoms with Crippen LogP contribution in [0.25, 0.3) is 0 Å². The van der Waals surface area contributed by atoms with Crippen molar-refractivity contribution in [2.45, 2.75) is 26.7 Å². The summed E-state index contributed by atoms with van der Waals surface area (Å²) in [5, 5.41) is 0. The van der Waals surface area contributed by atoms with Gasteiger partial charge in [-0.1, -0.05) is 19.1 Å². The summed E-state index contributed by atoms with van der Waals surface area (Å²) in [5.74, 6) is -0.193. The number of esters is 1. The quantitative estimate of drug-likeness (QED) is 0.353. The highest BCUT2D eigenvalue weighted by molar-refractivity contribution is 5.69. The fraction of sp³-hybridized carbons (Fsp3) is 0.444. The summed E-state index contributed by atoms with van der Waals surface area (Å²) >= 11 is 0. The molecule has 62 valence electrons. The van der Waals surface area contributed by atoms with Gasteiger partial charge in [0.05, 0.1) is 6.26 Å². The number of allylic oxidation sites excluding steroid dienone is 3. The Balaban J connectivity index is 3.36. The molecule has 0 heterocycles. The van der Waals surface area contributed by atoms with Gasteiger partial charge < -0.3 is 4.74 Å². The molecule has 0 atom stereocenters. The molecule has 0 rings (SSSR count). The van der Waals surface area contributed by atoms with E-state index in [9.17, 15) is 4.79 Å². The molecule has 0 amide bonds. The van der Waals surface area contributed by atoms with Crippen molar-refractivity contribution in [2.75, 3.05) is 0 Å². The van der Waals surface area contributed by atoms with E-state index in [-0.39, 0.29) is 5.97 Å². The summed E-state index contributed by atoms with van der Waals surface area (Å²) < 4.78 is 4.68. The molecule has 0 N–H and O–H groups in total. The van der Waals surface area contributed by atoms with E-state index >= 15 is 0 Å². The number of carbonyl (C=O) groups is 1. The zero-order valence-corrected chi connectivity index (χ0v) is 7.04. The Morgan fingerprint density at radius 3 is 2.73 bits per heavy atom. The van der Waals surface area contributed by atoms with Gasteiger partial charge in [0.15, 0.2) is 0 Å². The van der Waals surface area contributed by atoms with Crippen LogP contribution in [-0.4, -0.2) is 5.97 Å². The first-order valence-electron chi connectivity index (χ1n) is 3.77. The van der Waals surface area contributed by atoms with Crippen LogP contribution in [-0.2, 0) is 9.53 Å². The van der Waals surface area contributed by atoms with Crippen LogP contribution in [0, 0.1) is 0 Å². The first kappa shape index (κ1) is 9.95. The molecule has 0 saturated carbocycles. The predicted molar refractivity (Wildman–Crippen MR) is 45.0 cm³/mol. The van der Waals surface area contributed by atoms with Gasteiger partial charge >= 0.3 is 5.97 Å². The lowest BCUT2D eigenvalue weighted by Gasteiger charge is -1.91. The second-order valence-corrected chi connectivity index (χ2v) is 2.02. The number of hydrogen-bond acceptors (Lipinski definition) is 2. The lowest BCUT2D eigenvalue weighted by Crippen LogP contribution is -1.94. The standard InChI is InChI=1S/C9H14O2/c1-3-5-6-7-8-11-9(10)4-2/h3,5,7-8H,4,6H2,1-2H3. The Hall–Kier alpha value is -1.05. The summed E-state index contributed by atoms with van der Waals surface area (Å²) in [6, 6.07) is 0. The van der Waals surface area contributed by atoms with E-state index in [1.165, 1.54) is 6.26 Å². The highest BCUT2D eigenvalue weighted by Gasteiger charge is 1.91. The minimum atomic E-state index is -0.193. The maximum Gasteiger partial charge on any atom is 0.310 e. The monoisotopic (exact) mass is 154 g/mol. The average molecular weight is 154 g/mol. The van der Waals surface area contributed by atoms with Gasteiger partial charge in [-0.15, -0.1) is 0 Å². The Morgan fingerprint density at radius 2 is 2.18 bits per heavy atom. The summed E-state index contributed by atoms with van der Waals surface area (Å²) in [7, 11) is 0. The number of carbonyl (C=O) groups excluding carboxylic acids is 1. The molecule has 11 heavy (non-hydrogen) atoms. The molecule has 0 saturated heterocycles. The molecule has 0 aliphatic rings. The van der Waals surface area contributed by atoms with Crippen LogP contribution in [0.3, 0.4) is 0 Å². The van der Waals surface area contributed by atoms with Crippen molar-refractivity contribution in [2.24, 2.45) is 0 Å². The molecule has 0 radical (unpaired) electrons. The van der Waals surface area contributed by atoms with Crippen molar-refractivity contribution in [3.05, 3.63) is 24.5 Å². The second kappa shape index (κ2) is 7.06. The van der Waals surface area contributed by atoms with Gasteiger partial charge in [0.1, 0.15) is 0 Å². The van der Waals surface area contributed by atoms with Gasteiger partial charge in [-0.25, -0.2) is 0 Å². The zero-order chi connectivity index (χ0) is 8.53. The van der Waals surface area contributed by atoms with Crippen molar-refractivity contribution >= 4 is 5.97 Å². The summed E-state index contributed by atoms with van der Waals surface area (Å²) in [6.45, 7) is 3.72. The molecule has 0 aromatic rings. The molecule has 0 aromatic carbocycles. The third kappa shape index (κ3) is 6.84. The molecule has 0 aliphatic heterocycles. The minimum Gasteiger partial charge on any atom is -0.435 e. The van der Waals surface area contributed by atoms with Crippen LogP contribution < -0.4 is 0 Å². The van der Waals surface area contributed by atoms with Gasteiger partial charge in [0, 0.05) is 6.42 Å². The second-order valence-electron chi connectivity index (χ2n) is 2.02. The molecule has 2 heteroatoms. The topological polar surface area (TPSA) is 26.3 Å². The third-order valence-corrected chi connectivity index (χ3v) is 1.09. The molecular weight excluding hydrogens is 140 g/mol. The number of ether oxygens (including phenoxy) is 1. The van der Waals surface area contributed by atoms with E-state index < -0.39 is 0 Å². The Kier molecular flexibility index (Phi) is 6.39. The van der Waals surface area contributed by atoms with Gasteiger partial charge in [-0.2, -0.15) is 0 Å². The van der Waals surface area contributed by atoms with E-state index in [1.54, 1.807) is 13.0 Å². The zero-order valence-electron chi connectivity index (χ0n) is 7.04. The van der Waals surface area contributed by atoms with Crippen molar-refractivity contribution in [3.63, 3.8) is 0 Å². The normalized spacial score (nSPS) is 11.1. The van der Waals surface area contributed by atoms with E-state index in [0.29, 0.717) is 6.42 Å². The van der Waals surface area contributed by atoms with Crippen LogP contribution in [0.1, 0.15) is 26.7 Å². The van der Waals surface area contributed by atoms with Gasteiger partial charge in [-0.05, 0) is 19.4 Å². The van der Waals surface area contributed by atoms with Gasteiger partial charge in [-0.3, -0.25) is 4.79 Å². The van der Waals surface area contributed by atoms with Gasteiger partial charge in [0.25, 0.3) is 0 Å². The van der Waals surface area contributed by atoms with Crippen LogP contribution in [0.4, 0.5) is 0 Å². The smallest absolute Gasteiger partial charge is 0.310 e. The Labute approximate surface area is 67.6 Å². The minimum absolute atomic E-state index is 0.193. The lowest BCUT2D eigenvalue weighted by atomic mass is 10.4. The average Bonchev–Trinajstić information content (AvgIpc) is 2.04.